The topological polar surface area (TPSA) is 90.9 Å². The molecule has 0 bridgehead atoms. The smallest absolute Gasteiger partial charge is 0.228 e. The van der Waals surface area contributed by atoms with E-state index in [1.165, 1.54) is 5.56 Å². The van der Waals surface area contributed by atoms with Gasteiger partial charge in [-0.3, -0.25) is 9.59 Å². The van der Waals surface area contributed by atoms with Crippen molar-refractivity contribution in [1.29, 1.82) is 0 Å². The Bertz CT molecular complexity index is 1330. The van der Waals surface area contributed by atoms with Gasteiger partial charge in [-0.1, -0.05) is 6.07 Å². The van der Waals surface area contributed by atoms with Crippen molar-refractivity contribution in [3.8, 4) is 5.75 Å². The standard InChI is InChI=1S/C29H34N6O3/c1-19-5-8-24(15-20(19)2)35-18-22(17-27(35)36)28(37)33-11-13-34(14-12-33)29-30-21(3)16-26(32-29)31-23-6-9-25(38-4)10-7-23/h5-10,15-16,22H,11-14,17-18H2,1-4H3,(H,30,31,32). The third-order valence-electron chi connectivity index (χ3n) is 7.36. The van der Waals surface area contributed by atoms with E-state index < -0.39 is 0 Å². The molecule has 198 valence electrons. The molecule has 2 aliphatic rings. The number of anilines is 4. The summed E-state index contributed by atoms with van der Waals surface area (Å²) in [6, 6.07) is 15.6. The van der Waals surface area contributed by atoms with E-state index in [1.807, 2.05) is 67.3 Å². The lowest BCUT2D eigenvalue weighted by Crippen LogP contribution is -2.51. The minimum atomic E-state index is -0.314. The number of amides is 2. The van der Waals surface area contributed by atoms with Crippen LogP contribution in [0.4, 0.5) is 23.1 Å². The fourth-order valence-electron chi connectivity index (χ4n) is 4.98. The van der Waals surface area contributed by atoms with Crippen LogP contribution in [0, 0.1) is 26.7 Å². The summed E-state index contributed by atoms with van der Waals surface area (Å²) in [4.78, 5) is 41.2. The number of piperazine rings is 1. The molecule has 0 spiro atoms. The third kappa shape index (κ3) is 5.41. The summed E-state index contributed by atoms with van der Waals surface area (Å²) in [6.07, 6.45) is 0.257. The lowest BCUT2D eigenvalue weighted by molar-refractivity contribution is -0.136. The summed E-state index contributed by atoms with van der Waals surface area (Å²) in [5.41, 5.74) is 4.97. The quantitative estimate of drug-likeness (QED) is 0.534. The van der Waals surface area contributed by atoms with Crippen molar-refractivity contribution in [3.05, 3.63) is 65.4 Å². The molecule has 1 N–H and O–H groups in total. The van der Waals surface area contributed by atoms with Crippen LogP contribution in [-0.4, -0.2) is 66.5 Å². The van der Waals surface area contributed by atoms with E-state index in [4.69, 9.17) is 9.72 Å². The van der Waals surface area contributed by atoms with Crippen LogP contribution < -0.4 is 19.9 Å². The van der Waals surface area contributed by atoms with Crippen LogP contribution in [0.15, 0.2) is 48.5 Å². The highest BCUT2D eigenvalue weighted by Gasteiger charge is 2.38. The highest BCUT2D eigenvalue weighted by molar-refractivity contribution is 6.00. The summed E-state index contributed by atoms with van der Waals surface area (Å²) in [7, 11) is 1.64. The van der Waals surface area contributed by atoms with E-state index in [-0.39, 0.29) is 24.2 Å². The van der Waals surface area contributed by atoms with Gasteiger partial charge in [0.15, 0.2) is 0 Å². The summed E-state index contributed by atoms with van der Waals surface area (Å²) in [5.74, 6) is 1.90. The number of hydrogen-bond acceptors (Lipinski definition) is 7. The van der Waals surface area contributed by atoms with Gasteiger partial charge in [-0.15, -0.1) is 0 Å². The zero-order chi connectivity index (χ0) is 26.8. The van der Waals surface area contributed by atoms with Crippen molar-refractivity contribution < 1.29 is 14.3 Å². The molecule has 2 aromatic carbocycles. The molecule has 0 aliphatic carbocycles. The van der Waals surface area contributed by atoms with Gasteiger partial charge in [-0.2, -0.15) is 4.98 Å². The van der Waals surface area contributed by atoms with E-state index in [0.717, 1.165) is 28.4 Å². The number of rotatable bonds is 6. The van der Waals surface area contributed by atoms with Gasteiger partial charge in [0.2, 0.25) is 17.8 Å². The second-order valence-corrected chi connectivity index (χ2v) is 10.0. The number of carbonyl (C=O) groups is 2. The monoisotopic (exact) mass is 514 g/mol. The van der Waals surface area contributed by atoms with Gasteiger partial charge < -0.3 is 24.8 Å². The molecule has 2 saturated heterocycles. The lowest BCUT2D eigenvalue weighted by Gasteiger charge is -2.36. The molecule has 9 heteroatoms. The number of nitrogens with zero attached hydrogens (tertiary/aromatic N) is 5. The van der Waals surface area contributed by atoms with Crippen molar-refractivity contribution in [2.24, 2.45) is 5.92 Å². The first-order valence-corrected chi connectivity index (χ1v) is 13.0. The van der Waals surface area contributed by atoms with Crippen LogP contribution in [0.1, 0.15) is 23.2 Å². The Balaban J connectivity index is 1.20. The van der Waals surface area contributed by atoms with Gasteiger partial charge in [0, 0.05) is 62.3 Å². The van der Waals surface area contributed by atoms with Crippen LogP contribution in [0.2, 0.25) is 0 Å². The van der Waals surface area contributed by atoms with Gasteiger partial charge in [0.05, 0.1) is 13.0 Å². The lowest BCUT2D eigenvalue weighted by atomic mass is 10.1. The first-order chi connectivity index (χ1) is 18.3. The molecule has 3 aromatic rings. The number of hydrogen-bond donors (Lipinski definition) is 1. The van der Waals surface area contributed by atoms with Crippen LogP contribution in [0.5, 0.6) is 5.75 Å². The molecule has 1 aromatic heterocycles. The fourth-order valence-corrected chi connectivity index (χ4v) is 4.98. The molecule has 9 nitrogen and oxygen atoms in total. The minimum absolute atomic E-state index is 0.00953. The van der Waals surface area contributed by atoms with E-state index >= 15 is 0 Å². The maximum Gasteiger partial charge on any atom is 0.228 e. The summed E-state index contributed by atoms with van der Waals surface area (Å²) >= 11 is 0. The molecule has 2 aliphatic heterocycles. The van der Waals surface area contributed by atoms with Crippen molar-refractivity contribution in [2.75, 3.05) is 55.0 Å². The fraction of sp³-hybridized carbons (Fsp3) is 0.379. The summed E-state index contributed by atoms with van der Waals surface area (Å²) < 4.78 is 5.23. The van der Waals surface area contributed by atoms with Crippen molar-refractivity contribution in [3.63, 3.8) is 0 Å². The Labute approximate surface area is 223 Å². The van der Waals surface area contributed by atoms with Gasteiger partial charge >= 0.3 is 0 Å². The van der Waals surface area contributed by atoms with E-state index in [1.54, 1.807) is 12.0 Å². The predicted octanol–water partition coefficient (Wildman–Crippen LogP) is 3.86. The molecule has 1 atom stereocenters. The van der Waals surface area contributed by atoms with Gasteiger partial charge in [0.25, 0.3) is 0 Å². The first-order valence-electron chi connectivity index (χ1n) is 13.0. The van der Waals surface area contributed by atoms with Crippen LogP contribution in [0.3, 0.4) is 0 Å². The number of benzene rings is 2. The second kappa shape index (κ2) is 10.7. The predicted molar refractivity (Wildman–Crippen MR) is 148 cm³/mol. The maximum absolute atomic E-state index is 13.3. The average molecular weight is 515 g/mol. The van der Waals surface area contributed by atoms with Gasteiger partial charge in [0.1, 0.15) is 11.6 Å². The average Bonchev–Trinajstić information content (AvgIpc) is 3.31. The molecule has 2 amide bonds. The zero-order valence-corrected chi connectivity index (χ0v) is 22.4. The summed E-state index contributed by atoms with van der Waals surface area (Å²) in [5, 5.41) is 3.33. The molecule has 38 heavy (non-hydrogen) atoms. The molecule has 0 radical (unpaired) electrons. The SMILES string of the molecule is COc1ccc(Nc2cc(C)nc(N3CCN(C(=O)C4CC(=O)N(c5ccc(C)c(C)c5)C4)CC3)n2)cc1. The number of carbonyl (C=O) groups excluding carboxylic acids is 2. The van der Waals surface area contributed by atoms with Crippen LogP contribution in [-0.2, 0) is 9.59 Å². The number of methoxy groups -OCH3 is 1. The first kappa shape index (κ1) is 25.5. The minimum Gasteiger partial charge on any atom is -0.497 e. The Morgan fingerprint density at radius 2 is 1.68 bits per heavy atom. The molecular weight excluding hydrogens is 480 g/mol. The molecule has 5 rings (SSSR count). The molecular formula is C29H34N6O3. The maximum atomic E-state index is 13.3. The van der Waals surface area contributed by atoms with E-state index in [0.29, 0.717) is 44.5 Å². The Hall–Kier alpha value is -4.14. The Morgan fingerprint density at radius 1 is 0.947 bits per heavy atom. The number of aromatic nitrogens is 2. The molecule has 3 heterocycles. The largest absolute Gasteiger partial charge is 0.497 e. The van der Waals surface area contributed by atoms with Crippen molar-refractivity contribution >= 4 is 35.0 Å². The highest BCUT2D eigenvalue weighted by atomic mass is 16.5. The zero-order valence-electron chi connectivity index (χ0n) is 22.4. The second-order valence-electron chi connectivity index (χ2n) is 10.0. The van der Waals surface area contributed by atoms with E-state index in [9.17, 15) is 9.59 Å². The molecule has 1 unspecified atom stereocenters. The Morgan fingerprint density at radius 3 is 2.37 bits per heavy atom. The molecule has 2 fully saturated rings. The number of nitrogens with one attached hydrogen (secondary N) is 1. The van der Waals surface area contributed by atoms with Crippen LogP contribution in [0.25, 0.3) is 0 Å². The van der Waals surface area contributed by atoms with Crippen molar-refractivity contribution in [2.45, 2.75) is 27.2 Å². The third-order valence-corrected chi connectivity index (χ3v) is 7.36. The summed E-state index contributed by atoms with van der Waals surface area (Å²) in [6.45, 7) is 8.90. The normalized spacial score (nSPS) is 17.6. The number of aryl methyl sites for hydroxylation is 3. The van der Waals surface area contributed by atoms with Gasteiger partial charge in [-0.25, -0.2) is 4.98 Å². The van der Waals surface area contributed by atoms with E-state index in [2.05, 4.69) is 22.1 Å². The molecule has 0 saturated carbocycles. The van der Waals surface area contributed by atoms with Crippen LogP contribution >= 0.6 is 0 Å². The van der Waals surface area contributed by atoms with Crippen molar-refractivity contribution in [1.82, 2.24) is 14.9 Å². The Kier molecular flexibility index (Phi) is 7.18. The van der Waals surface area contributed by atoms with Gasteiger partial charge in [-0.05, 0) is 68.3 Å². The highest BCUT2D eigenvalue weighted by Crippen LogP contribution is 2.28. The number of ether oxygens (including phenoxy) is 1.